The third-order valence-corrected chi connectivity index (χ3v) is 4.53. The van der Waals surface area contributed by atoms with Crippen LogP contribution in [0.1, 0.15) is 17.9 Å². The maximum absolute atomic E-state index is 12.2. The lowest BCUT2D eigenvalue weighted by Crippen LogP contribution is -2.44. The van der Waals surface area contributed by atoms with Crippen LogP contribution in [0.2, 0.25) is 5.02 Å². The van der Waals surface area contributed by atoms with Crippen LogP contribution >= 0.6 is 23.8 Å². The highest BCUT2D eigenvalue weighted by Crippen LogP contribution is 2.47. The van der Waals surface area contributed by atoms with Crippen molar-refractivity contribution in [2.75, 3.05) is 12.4 Å². The summed E-state index contributed by atoms with van der Waals surface area (Å²) in [6, 6.07) is 14.9. The predicted octanol–water partition coefficient (Wildman–Crippen LogP) is 3.47. The molecule has 2 unspecified atom stereocenters. The summed E-state index contributed by atoms with van der Waals surface area (Å²) in [5.74, 6) is 0.887. The van der Waals surface area contributed by atoms with Crippen LogP contribution in [0.4, 0.5) is 5.69 Å². The Morgan fingerprint density at radius 2 is 1.80 bits per heavy atom. The summed E-state index contributed by atoms with van der Waals surface area (Å²) >= 11 is 11.1. The van der Waals surface area contributed by atoms with E-state index in [1.807, 2.05) is 48.5 Å². The first-order valence-corrected chi connectivity index (χ1v) is 8.62. The second-order valence-electron chi connectivity index (χ2n) is 5.80. The number of methoxy groups -OCH3 is 1. The van der Waals surface area contributed by atoms with Gasteiger partial charge < -0.3 is 10.1 Å². The molecule has 0 bridgehead atoms. The Labute approximate surface area is 156 Å². The van der Waals surface area contributed by atoms with Gasteiger partial charge in [-0.05, 0) is 66.5 Å². The fourth-order valence-electron chi connectivity index (χ4n) is 2.61. The van der Waals surface area contributed by atoms with E-state index in [4.69, 9.17) is 28.6 Å². The van der Waals surface area contributed by atoms with Crippen LogP contribution in [0.5, 0.6) is 5.75 Å². The molecule has 1 fully saturated rings. The molecule has 0 radical (unpaired) electrons. The smallest absolute Gasteiger partial charge is 0.242 e. The van der Waals surface area contributed by atoms with Gasteiger partial charge >= 0.3 is 0 Å². The zero-order valence-electron chi connectivity index (χ0n) is 13.6. The molecule has 0 spiro atoms. The second kappa shape index (κ2) is 7.72. The standard InChI is InChI=1S/C18H18ClN3O2S/c1-24-14-8-6-13(7-9-14)20-18(25)22-21-17(23)16-10-15(16)11-2-4-12(19)5-3-11/h2-9,15-16H,10H2,1H3,(H,21,23)(H2,20,22,25). The van der Waals surface area contributed by atoms with Gasteiger partial charge in [-0.2, -0.15) is 0 Å². The number of anilines is 1. The second-order valence-corrected chi connectivity index (χ2v) is 6.64. The normalized spacial score (nSPS) is 18.2. The number of hydrogen-bond donors (Lipinski definition) is 3. The van der Waals surface area contributed by atoms with E-state index in [0.717, 1.165) is 23.4 Å². The molecule has 0 aliphatic heterocycles. The van der Waals surface area contributed by atoms with Crippen LogP contribution in [0.15, 0.2) is 48.5 Å². The molecular weight excluding hydrogens is 358 g/mol. The maximum Gasteiger partial charge on any atom is 0.242 e. The van der Waals surface area contributed by atoms with Crippen molar-refractivity contribution in [3.05, 3.63) is 59.1 Å². The van der Waals surface area contributed by atoms with E-state index in [2.05, 4.69) is 16.2 Å². The van der Waals surface area contributed by atoms with Crippen LogP contribution in [0.3, 0.4) is 0 Å². The molecule has 1 saturated carbocycles. The molecule has 0 aromatic heterocycles. The van der Waals surface area contributed by atoms with Gasteiger partial charge in [0.1, 0.15) is 5.75 Å². The summed E-state index contributed by atoms with van der Waals surface area (Å²) in [5, 5.41) is 4.01. The van der Waals surface area contributed by atoms with E-state index in [1.165, 1.54) is 0 Å². The minimum absolute atomic E-state index is 0.0440. The number of carbonyl (C=O) groups excluding carboxylic acids is 1. The Bertz CT molecular complexity index is 765. The lowest BCUT2D eigenvalue weighted by Gasteiger charge is -2.12. The SMILES string of the molecule is COc1ccc(NC(=S)NNC(=O)C2CC2c2ccc(Cl)cc2)cc1. The predicted molar refractivity (Wildman–Crippen MR) is 103 cm³/mol. The van der Waals surface area contributed by atoms with Crippen LogP contribution in [-0.4, -0.2) is 18.1 Å². The molecule has 1 amide bonds. The number of hydrogen-bond acceptors (Lipinski definition) is 3. The molecular formula is C18H18ClN3O2S. The van der Waals surface area contributed by atoms with Gasteiger partial charge in [-0.25, -0.2) is 0 Å². The largest absolute Gasteiger partial charge is 0.497 e. The van der Waals surface area contributed by atoms with Gasteiger partial charge in [0.15, 0.2) is 5.11 Å². The van der Waals surface area contributed by atoms with Crippen LogP contribution in [-0.2, 0) is 4.79 Å². The number of benzene rings is 2. The molecule has 1 aliphatic carbocycles. The number of rotatable bonds is 4. The van der Waals surface area contributed by atoms with Crippen molar-refractivity contribution in [2.24, 2.45) is 5.92 Å². The molecule has 1 aliphatic rings. The number of halogens is 1. The highest BCUT2D eigenvalue weighted by atomic mass is 35.5. The summed E-state index contributed by atoms with van der Waals surface area (Å²) in [6.45, 7) is 0. The molecule has 25 heavy (non-hydrogen) atoms. The lowest BCUT2D eigenvalue weighted by molar-refractivity contribution is -0.122. The number of hydrazine groups is 1. The van der Waals surface area contributed by atoms with Crippen molar-refractivity contribution in [3.8, 4) is 5.75 Å². The van der Waals surface area contributed by atoms with Gasteiger partial charge in [-0.15, -0.1) is 0 Å². The van der Waals surface area contributed by atoms with Crippen molar-refractivity contribution in [3.63, 3.8) is 0 Å². The van der Waals surface area contributed by atoms with Crippen molar-refractivity contribution in [1.82, 2.24) is 10.9 Å². The van der Waals surface area contributed by atoms with Gasteiger partial charge in [-0.3, -0.25) is 15.6 Å². The topological polar surface area (TPSA) is 62.4 Å². The van der Waals surface area contributed by atoms with Gasteiger partial charge in [-0.1, -0.05) is 23.7 Å². The molecule has 3 N–H and O–H groups in total. The average molecular weight is 376 g/mol. The van der Waals surface area contributed by atoms with E-state index < -0.39 is 0 Å². The molecule has 2 aromatic rings. The highest BCUT2D eigenvalue weighted by Gasteiger charge is 2.43. The highest BCUT2D eigenvalue weighted by molar-refractivity contribution is 7.80. The molecule has 130 valence electrons. The van der Waals surface area contributed by atoms with Crippen LogP contribution < -0.4 is 20.9 Å². The summed E-state index contributed by atoms with van der Waals surface area (Å²) in [6.07, 6.45) is 0.827. The summed E-state index contributed by atoms with van der Waals surface area (Å²) in [7, 11) is 1.61. The first-order valence-electron chi connectivity index (χ1n) is 7.83. The fourth-order valence-corrected chi connectivity index (χ4v) is 2.91. The van der Waals surface area contributed by atoms with Gasteiger partial charge in [0.05, 0.1) is 7.11 Å². The Kier molecular flexibility index (Phi) is 5.40. The van der Waals surface area contributed by atoms with E-state index in [0.29, 0.717) is 10.1 Å². The van der Waals surface area contributed by atoms with Crippen LogP contribution in [0.25, 0.3) is 0 Å². The third kappa shape index (κ3) is 4.61. The Hall–Kier alpha value is -2.31. The molecule has 0 saturated heterocycles. The quantitative estimate of drug-likeness (QED) is 0.564. The van der Waals surface area contributed by atoms with Gasteiger partial charge in [0, 0.05) is 16.6 Å². The molecule has 7 heteroatoms. The number of nitrogens with one attached hydrogen (secondary N) is 3. The zero-order chi connectivity index (χ0) is 17.8. The number of ether oxygens (including phenoxy) is 1. The van der Waals surface area contributed by atoms with E-state index in [1.54, 1.807) is 7.11 Å². The molecule has 2 aromatic carbocycles. The van der Waals surface area contributed by atoms with Gasteiger partial charge in [0.2, 0.25) is 5.91 Å². The number of thiocarbonyl (C=S) groups is 1. The first kappa shape index (κ1) is 17.5. The van der Waals surface area contributed by atoms with Gasteiger partial charge in [0.25, 0.3) is 0 Å². The Balaban J connectivity index is 1.44. The van der Waals surface area contributed by atoms with E-state index in [-0.39, 0.29) is 17.7 Å². The third-order valence-electron chi connectivity index (χ3n) is 4.07. The summed E-state index contributed by atoms with van der Waals surface area (Å²) < 4.78 is 5.10. The molecule has 0 heterocycles. The summed E-state index contributed by atoms with van der Waals surface area (Å²) in [4.78, 5) is 12.2. The Morgan fingerprint density at radius 3 is 2.44 bits per heavy atom. The van der Waals surface area contributed by atoms with E-state index in [9.17, 15) is 4.79 Å². The first-order chi connectivity index (χ1) is 12.1. The van der Waals surface area contributed by atoms with Crippen LogP contribution in [0, 0.1) is 5.92 Å². The fraction of sp³-hybridized carbons (Fsp3) is 0.222. The summed E-state index contributed by atoms with van der Waals surface area (Å²) in [5.41, 5.74) is 7.32. The van der Waals surface area contributed by atoms with Crippen molar-refractivity contribution < 1.29 is 9.53 Å². The minimum Gasteiger partial charge on any atom is -0.497 e. The Morgan fingerprint density at radius 1 is 1.12 bits per heavy atom. The maximum atomic E-state index is 12.2. The minimum atomic E-state index is -0.0705. The molecule has 2 atom stereocenters. The number of amides is 1. The number of carbonyl (C=O) groups is 1. The monoisotopic (exact) mass is 375 g/mol. The lowest BCUT2D eigenvalue weighted by atomic mass is 10.1. The van der Waals surface area contributed by atoms with Crippen molar-refractivity contribution in [1.29, 1.82) is 0 Å². The average Bonchev–Trinajstić information content (AvgIpc) is 3.42. The zero-order valence-corrected chi connectivity index (χ0v) is 15.2. The molecule has 3 rings (SSSR count). The van der Waals surface area contributed by atoms with Crippen molar-refractivity contribution in [2.45, 2.75) is 12.3 Å². The van der Waals surface area contributed by atoms with Crippen molar-refractivity contribution >= 4 is 40.5 Å². The van der Waals surface area contributed by atoms with E-state index >= 15 is 0 Å². The molecule has 5 nitrogen and oxygen atoms in total.